The van der Waals surface area contributed by atoms with Crippen LogP contribution in [-0.4, -0.2) is 55.8 Å². The lowest BCUT2D eigenvalue weighted by atomic mass is 10.0. The highest BCUT2D eigenvalue weighted by atomic mass is 35.5. The highest BCUT2D eigenvalue weighted by molar-refractivity contribution is 6.31. The highest BCUT2D eigenvalue weighted by Gasteiger charge is 2.35. The van der Waals surface area contributed by atoms with Gasteiger partial charge in [-0.05, 0) is 25.3 Å². The molecule has 0 radical (unpaired) electrons. The molecule has 11 heteroatoms. The van der Waals surface area contributed by atoms with Crippen LogP contribution in [0.15, 0.2) is 24.7 Å². The van der Waals surface area contributed by atoms with E-state index in [0.717, 1.165) is 19.0 Å². The number of aromatic nitrogens is 4. The summed E-state index contributed by atoms with van der Waals surface area (Å²) in [5.41, 5.74) is 1.20. The van der Waals surface area contributed by atoms with Gasteiger partial charge >= 0.3 is 0 Å². The fourth-order valence-corrected chi connectivity index (χ4v) is 4.15. The summed E-state index contributed by atoms with van der Waals surface area (Å²) in [5.74, 6) is -4.02. The van der Waals surface area contributed by atoms with Gasteiger partial charge in [0.2, 0.25) is 5.91 Å². The minimum absolute atomic E-state index is 0.0267. The lowest BCUT2D eigenvalue weighted by Gasteiger charge is -2.36. The van der Waals surface area contributed by atoms with Crippen molar-refractivity contribution in [3.05, 3.63) is 35.5 Å². The van der Waals surface area contributed by atoms with Gasteiger partial charge in [0.1, 0.15) is 5.65 Å². The Labute approximate surface area is 193 Å². The minimum atomic E-state index is -3.03. The second kappa shape index (κ2) is 9.54. The molecule has 7 nitrogen and oxygen atoms in total. The first-order valence-electron chi connectivity index (χ1n) is 10.8. The molecule has 0 aromatic carbocycles. The van der Waals surface area contributed by atoms with E-state index < -0.39 is 24.1 Å². The van der Waals surface area contributed by atoms with E-state index >= 15 is 0 Å². The van der Waals surface area contributed by atoms with Crippen molar-refractivity contribution in [2.75, 3.05) is 18.4 Å². The van der Waals surface area contributed by atoms with Gasteiger partial charge in [-0.1, -0.05) is 18.5 Å². The number of carbonyl (C=O) groups is 1. The number of likely N-dealkylation sites (tertiary alicyclic amines) is 1. The number of H-pyrrole nitrogens is 1. The third-order valence-corrected chi connectivity index (χ3v) is 6.07. The van der Waals surface area contributed by atoms with E-state index in [1.54, 1.807) is 12.3 Å². The molecule has 33 heavy (non-hydrogen) atoms. The van der Waals surface area contributed by atoms with Crippen molar-refractivity contribution in [1.82, 2.24) is 24.8 Å². The van der Waals surface area contributed by atoms with Gasteiger partial charge in [0.05, 0.1) is 17.6 Å². The maximum atomic E-state index is 14.5. The van der Waals surface area contributed by atoms with Gasteiger partial charge in [0, 0.05) is 48.9 Å². The van der Waals surface area contributed by atoms with E-state index in [9.17, 15) is 18.0 Å². The number of pyridine rings is 1. The number of nitrogens with one attached hydrogen (secondary N) is 2. The Kier molecular flexibility index (Phi) is 6.73. The first kappa shape index (κ1) is 23.3. The molecule has 3 aromatic heterocycles. The number of carbonyl (C=O) groups excluding carboxylic acids is 1. The van der Waals surface area contributed by atoms with Crippen LogP contribution in [0.1, 0.15) is 39.0 Å². The van der Waals surface area contributed by atoms with Gasteiger partial charge < -0.3 is 15.2 Å². The zero-order valence-corrected chi connectivity index (χ0v) is 18.8. The fraction of sp³-hybridized carbons (Fsp3) is 0.455. The monoisotopic (exact) mass is 480 g/mol. The number of rotatable bonds is 7. The molecule has 3 aromatic rings. The van der Waals surface area contributed by atoms with Gasteiger partial charge in [0.15, 0.2) is 17.5 Å². The normalized spacial score (nSPS) is 16.9. The standard InChI is InChI=1S/C22H24ClF3N6O/c1-2-22(25,26)8-18(33)32-6-4-3-5-14(32)10-28-21-17(24)12-30-20(31-21)16-11-29-19-15(16)7-13(23)9-27-19/h7,9,11-12,14H,2-6,8,10H2,1H3,(H,27,29)(H,28,30,31)/t14-/m1/s1. The molecule has 4 rings (SSSR count). The molecule has 0 aliphatic carbocycles. The van der Waals surface area contributed by atoms with Gasteiger partial charge in [0.25, 0.3) is 5.92 Å². The Hall–Kier alpha value is -2.88. The van der Waals surface area contributed by atoms with Crippen molar-refractivity contribution < 1.29 is 18.0 Å². The largest absolute Gasteiger partial charge is 0.365 e. The van der Waals surface area contributed by atoms with E-state index in [1.807, 2.05) is 0 Å². The van der Waals surface area contributed by atoms with Gasteiger partial charge in [-0.3, -0.25) is 4.79 Å². The average Bonchev–Trinajstić information content (AvgIpc) is 3.21. The number of amides is 1. The minimum Gasteiger partial charge on any atom is -0.365 e. The zero-order valence-electron chi connectivity index (χ0n) is 18.0. The number of nitrogens with zero attached hydrogens (tertiary/aromatic N) is 4. The summed E-state index contributed by atoms with van der Waals surface area (Å²) in [6.07, 6.45) is 5.29. The third-order valence-electron chi connectivity index (χ3n) is 5.86. The molecular formula is C22H24ClF3N6O. The Morgan fingerprint density at radius 3 is 2.94 bits per heavy atom. The first-order chi connectivity index (χ1) is 15.8. The first-order valence-corrected chi connectivity index (χ1v) is 11.2. The fourth-order valence-electron chi connectivity index (χ4n) is 3.99. The molecule has 0 bridgehead atoms. The Morgan fingerprint density at radius 2 is 2.15 bits per heavy atom. The summed E-state index contributed by atoms with van der Waals surface area (Å²) in [7, 11) is 0. The number of hydrogen-bond donors (Lipinski definition) is 2. The molecule has 1 atom stereocenters. The molecule has 176 valence electrons. The van der Waals surface area contributed by atoms with Crippen molar-refractivity contribution in [2.24, 2.45) is 0 Å². The van der Waals surface area contributed by atoms with Crippen molar-refractivity contribution in [3.63, 3.8) is 0 Å². The van der Waals surface area contributed by atoms with Crippen molar-refractivity contribution in [2.45, 2.75) is 51.0 Å². The Balaban J connectivity index is 1.51. The van der Waals surface area contributed by atoms with E-state index in [2.05, 4.69) is 25.3 Å². The molecule has 1 aliphatic heterocycles. The zero-order chi connectivity index (χ0) is 23.6. The molecular weight excluding hydrogens is 457 g/mol. The predicted octanol–water partition coefficient (Wildman–Crippen LogP) is 5.04. The molecule has 1 amide bonds. The number of anilines is 1. The second-order valence-corrected chi connectivity index (χ2v) is 8.58. The lowest BCUT2D eigenvalue weighted by molar-refractivity contribution is -0.142. The van der Waals surface area contributed by atoms with Crippen LogP contribution in [0.3, 0.4) is 0 Å². The summed E-state index contributed by atoms with van der Waals surface area (Å²) in [6.45, 7) is 1.96. The molecule has 1 aliphatic rings. The molecule has 1 saturated heterocycles. The van der Waals surface area contributed by atoms with Gasteiger partial charge in [-0.2, -0.15) is 0 Å². The molecule has 0 spiro atoms. The van der Waals surface area contributed by atoms with Crippen molar-refractivity contribution >= 4 is 34.4 Å². The summed E-state index contributed by atoms with van der Waals surface area (Å²) < 4.78 is 42.0. The summed E-state index contributed by atoms with van der Waals surface area (Å²) in [5, 5.41) is 4.09. The van der Waals surface area contributed by atoms with Crippen molar-refractivity contribution in [3.8, 4) is 11.4 Å². The molecule has 1 fully saturated rings. The van der Waals surface area contributed by atoms with Crippen LogP contribution in [0, 0.1) is 5.82 Å². The van der Waals surface area contributed by atoms with Crippen LogP contribution in [0.25, 0.3) is 22.4 Å². The Morgan fingerprint density at radius 1 is 1.33 bits per heavy atom. The predicted molar refractivity (Wildman–Crippen MR) is 120 cm³/mol. The summed E-state index contributed by atoms with van der Waals surface area (Å²) in [4.78, 5) is 29.6. The quantitative estimate of drug-likeness (QED) is 0.494. The topological polar surface area (TPSA) is 86.8 Å². The molecule has 2 N–H and O–H groups in total. The van der Waals surface area contributed by atoms with E-state index in [0.29, 0.717) is 34.6 Å². The van der Waals surface area contributed by atoms with Crippen LogP contribution >= 0.6 is 11.6 Å². The smallest absolute Gasteiger partial charge is 0.256 e. The van der Waals surface area contributed by atoms with Gasteiger partial charge in [-0.25, -0.2) is 28.1 Å². The number of halogens is 4. The molecule has 0 unspecified atom stereocenters. The van der Waals surface area contributed by atoms with Crippen LogP contribution in [0.4, 0.5) is 19.0 Å². The summed E-state index contributed by atoms with van der Waals surface area (Å²) >= 11 is 6.05. The average molecular weight is 481 g/mol. The van der Waals surface area contributed by atoms with E-state index in [1.165, 1.54) is 18.0 Å². The van der Waals surface area contributed by atoms with Gasteiger partial charge in [-0.15, -0.1) is 0 Å². The van der Waals surface area contributed by atoms with E-state index in [4.69, 9.17) is 11.6 Å². The molecule has 0 saturated carbocycles. The highest BCUT2D eigenvalue weighted by Crippen LogP contribution is 2.29. The number of hydrogen-bond acceptors (Lipinski definition) is 5. The Bertz CT molecular complexity index is 1150. The maximum Gasteiger partial charge on any atom is 0.256 e. The maximum absolute atomic E-state index is 14.5. The third kappa shape index (κ3) is 5.21. The van der Waals surface area contributed by atoms with Crippen LogP contribution < -0.4 is 5.32 Å². The van der Waals surface area contributed by atoms with Crippen LogP contribution in [-0.2, 0) is 4.79 Å². The summed E-state index contributed by atoms with van der Waals surface area (Å²) in [6, 6.07) is 1.39. The van der Waals surface area contributed by atoms with Crippen LogP contribution in [0.2, 0.25) is 5.02 Å². The number of aromatic amines is 1. The van der Waals surface area contributed by atoms with Crippen LogP contribution in [0.5, 0.6) is 0 Å². The number of piperidine rings is 1. The second-order valence-electron chi connectivity index (χ2n) is 8.15. The van der Waals surface area contributed by atoms with Crippen molar-refractivity contribution in [1.29, 1.82) is 0 Å². The SMILES string of the molecule is CCC(F)(F)CC(=O)N1CCCC[C@@H]1CNc1nc(-c2c[nH]c3ncc(Cl)cc23)ncc1F. The van der Waals surface area contributed by atoms with E-state index in [-0.39, 0.29) is 30.6 Å². The number of alkyl halides is 2. The lowest BCUT2D eigenvalue weighted by Crippen LogP contribution is -2.48. The number of fused-ring (bicyclic) bond motifs is 1. The molecule has 4 heterocycles.